The molecule has 49 heavy (non-hydrogen) atoms. The molecule has 1 aliphatic rings. The second-order valence-corrected chi connectivity index (χ2v) is 12.3. The van der Waals surface area contributed by atoms with Crippen LogP contribution in [0.1, 0.15) is 17.7 Å². The van der Waals surface area contributed by atoms with E-state index in [0.717, 1.165) is 63.0 Å². The number of rotatable bonds is 6. The van der Waals surface area contributed by atoms with Crippen molar-refractivity contribution in [1.29, 1.82) is 0 Å². The Morgan fingerprint density at radius 1 is 0.429 bits per heavy atom. The molecule has 2 aromatic heterocycles. The third-order valence-electron chi connectivity index (χ3n) is 9.22. The van der Waals surface area contributed by atoms with Crippen molar-refractivity contribution in [2.45, 2.75) is 12.8 Å². The number of nitrogens with zero attached hydrogens (tertiary/aromatic N) is 3. The Balaban J connectivity index is 1.12. The topological polar surface area (TPSA) is 51.8 Å². The molecule has 0 saturated carbocycles. The highest BCUT2D eigenvalue weighted by Gasteiger charge is 2.18. The lowest BCUT2D eigenvalue weighted by Crippen LogP contribution is -2.00. The summed E-state index contributed by atoms with van der Waals surface area (Å²) >= 11 is 0. The molecule has 0 radical (unpaired) electrons. The first-order valence-electron chi connectivity index (χ1n) is 16.7. The number of hydrogen-bond donors (Lipinski definition) is 0. The Kier molecular flexibility index (Phi) is 7.25. The quantitative estimate of drug-likeness (QED) is 0.184. The van der Waals surface area contributed by atoms with Crippen LogP contribution in [0, 0.1) is 0 Å². The number of hydrogen-bond acceptors (Lipinski definition) is 4. The van der Waals surface area contributed by atoms with Crippen molar-refractivity contribution in [2.24, 2.45) is 0 Å². The summed E-state index contributed by atoms with van der Waals surface area (Å²) in [6.07, 6.45) is 6.30. The minimum atomic E-state index is 0.633. The first-order valence-corrected chi connectivity index (χ1v) is 16.7. The second-order valence-electron chi connectivity index (χ2n) is 12.3. The molecule has 0 atom stereocenters. The summed E-state index contributed by atoms with van der Waals surface area (Å²) in [5, 5.41) is 1.09. The zero-order chi connectivity index (χ0) is 32.6. The SMILES string of the molecule is C1=Cc2c(oc3ccc(-c4nc(-c5ccccc5)nc(-c5ccc(-c6ccc(-c7ccccc7)c(-c7ccccc7)c6)cc5)n4)cc23)CC1. The van der Waals surface area contributed by atoms with Crippen LogP contribution in [0.25, 0.3) is 84.6 Å². The van der Waals surface area contributed by atoms with Crippen molar-refractivity contribution in [2.75, 3.05) is 0 Å². The summed E-state index contributed by atoms with van der Waals surface area (Å²) in [7, 11) is 0. The predicted octanol–water partition coefficient (Wildman–Crippen LogP) is 11.6. The number of furan rings is 1. The average Bonchev–Trinajstić information content (AvgIpc) is 3.57. The summed E-state index contributed by atoms with van der Waals surface area (Å²) in [6.45, 7) is 0. The van der Waals surface area contributed by atoms with Crippen molar-refractivity contribution in [1.82, 2.24) is 15.0 Å². The van der Waals surface area contributed by atoms with E-state index in [1.54, 1.807) is 0 Å². The molecule has 0 saturated heterocycles. The summed E-state index contributed by atoms with van der Waals surface area (Å²) in [5.41, 5.74) is 11.9. The Bertz CT molecular complexity index is 2460. The van der Waals surface area contributed by atoms with Crippen LogP contribution in [0.3, 0.4) is 0 Å². The van der Waals surface area contributed by atoms with Crippen molar-refractivity contribution in [3.05, 3.63) is 169 Å². The van der Waals surface area contributed by atoms with E-state index < -0.39 is 0 Å². The molecule has 0 bridgehead atoms. The molecule has 2 heterocycles. The van der Waals surface area contributed by atoms with Gasteiger partial charge in [-0.15, -0.1) is 0 Å². The van der Waals surface area contributed by atoms with E-state index in [1.807, 2.05) is 42.5 Å². The molecule has 0 N–H and O–H groups in total. The standard InChI is InChI=1S/C45H31N3O/c1-4-12-31(13-5-1)37-26-24-35(28-39(37)32-14-6-2-7-15-32)30-20-22-34(23-21-30)44-46-43(33-16-8-3-9-17-33)47-45(48-44)36-25-27-42-40(29-36)38-18-10-11-19-41(38)49-42/h1-10,12-18,20-29H,11,19H2. The van der Waals surface area contributed by atoms with Crippen LogP contribution in [0.4, 0.5) is 0 Å². The molecule has 4 nitrogen and oxygen atoms in total. The average molecular weight is 630 g/mol. The van der Waals surface area contributed by atoms with Gasteiger partial charge in [-0.25, -0.2) is 15.0 Å². The van der Waals surface area contributed by atoms with Crippen LogP contribution >= 0.6 is 0 Å². The Labute approximate surface area is 285 Å². The highest BCUT2D eigenvalue weighted by Crippen LogP contribution is 2.37. The van der Waals surface area contributed by atoms with Gasteiger partial charge in [-0.05, 0) is 64.1 Å². The van der Waals surface area contributed by atoms with Gasteiger partial charge in [-0.1, -0.05) is 140 Å². The van der Waals surface area contributed by atoms with Gasteiger partial charge in [-0.2, -0.15) is 0 Å². The van der Waals surface area contributed by atoms with Crippen LogP contribution in [-0.4, -0.2) is 15.0 Å². The zero-order valence-electron chi connectivity index (χ0n) is 26.8. The lowest BCUT2D eigenvalue weighted by Gasteiger charge is -2.13. The van der Waals surface area contributed by atoms with Gasteiger partial charge >= 0.3 is 0 Å². The smallest absolute Gasteiger partial charge is 0.164 e. The van der Waals surface area contributed by atoms with Crippen LogP contribution in [0.2, 0.25) is 0 Å². The predicted molar refractivity (Wildman–Crippen MR) is 200 cm³/mol. The maximum atomic E-state index is 6.17. The van der Waals surface area contributed by atoms with Gasteiger partial charge in [0.2, 0.25) is 0 Å². The lowest BCUT2D eigenvalue weighted by atomic mass is 9.91. The van der Waals surface area contributed by atoms with E-state index in [1.165, 1.54) is 22.3 Å². The maximum absolute atomic E-state index is 6.17. The fourth-order valence-electron chi connectivity index (χ4n) is 6.70. The third-order valence-corrected chi connectivity index (χ3v) is 9.22. The minimum Gasteiger partial charge on any atom is -0.460 e. The minimum absolute atomic E-state index is 0.633. The van der Waals surface area contributed by atoms with Crippen molar-refractivity contribution in [3.8, 4) is 67.5 Å². The molecule has 8 aromatic rings. The van der Waals surface area contributed by atoms with Gasteiger partial charge in [0.25, 0.3) is 0 Å². The molecule has 0 fully saturated rings. The maximum Gasteiger partial charge on any atom is 0.164 e. The van der Waals surface area contributed by atoms with Gasteiger partial charge in [0, 0.05) is 34.1 Å². The van der Waals surface area contributed by atoms with Gasteiger partial charge in [0.05, 0.1) is 0 Å². The molecular weight excluding hydrogens is 599 g/mol. The summed E-state index contributed by atoms with van der Waals surface area (Å²) in [5.74, 6) is 2.95. The van der Waals surface area contributed by atoms with Crippen LogP contribution in [-0.2, 0) is 6.42 Å². The molecule has 232 valence electrons. The van der Waals surface area contributed by atoms with Crippen LogP contribution < -0.4 is 0 Å². The number of aryl methyl sites for hydroxylation is 1. The Morgan fingerprint density at radius 2 is 0.959 bits per heavy atom. The van der Waals surface area contributed by atoms with E-state index >= 15 is 0 Å². The van der Waals surface area contributed by atoms with Gasteiger partial charge < -0.3 is 4.42 Å². The fraction of sp³-hybridized carbons (Fsp3) is 0.0444. The molecule has 6 aromatic carbocycles. The van der Waals surface area contributed by atoms with E-state index in [4.69, 9.17) is 19.4 Å². The number of fused-ring (bicyclic) bond motifs is 3. The molecule has 0 aliphatic heterocycles. The van der Waals surface area contributed by atoms with E-state index in [-0.39, 0.29) is 0 Å². The van der Waals surface area contributed by atoms with Gasteiger partial charge in [-0.3, -0.25) is 0 Å². The largest absolute Gasteiger partial charge is 0.460 e. The molecule has 4 heteroatoms. The number of aromatic nitrogens is 3. The highest BCUT2D eigenvalue weighted by atomic mass is 16.3. The van der Waals surface area contributed by atoms with Crippen molar-refractivity contribution < 1.29 is 4.42 Å². The molecule has 0 spiro atoms. The van der Waals surface area contributed by atoms with Crippen molar-refractivity contribution >= 4 is 17.0 Å². The normalized spacial score (nSPS) is 12.2. The molecular formula is C45H31N3O. The van der Waals surface area contributed by atoms with E-state index in [0.29, 0.717) is 17.5 Å². The van der Waals surface area contributed by atoms with Crippen molar-refractivity contribution in [3.63, 3.8) is 0 Å². The summed E-state index contributed by atoms with van der Waals surface area (Å²) in [4.78, 5) is 15.0. The van der Waals surface area contributed by atoms with Crippen LogP contribution in [0.15, 0.2) is 162 Å². The summed E-state index contributed by atoms with van der Waals surface area (Å²) < 4.78 is 6.17. The Hall–Kier alpha value is -6.39. The van der Waals surface area contributed by atoms with Crippen LogP contribution in [0.5, 0.6) is 0 Å². The highest BCUT2D eigenvalue weighted by molar-refractivity contribution is 5.92. The van der Waals surface area contributed by atoms with Gasteiger partial charge in [0.1, 0.15) is 11.3 Å². The number of allylic oxidation sites excluding steroid dienone is 1. The lowest BCUT2D eigenvalue weighted by molar-refractivity contribution is 0.546. The Morgan fingerprint density at radius 3 is 1.63 bits per heavy atom. The first kappa shape index (κ1) is 28.8. The molecule has 0 unspecified atom stereocenters. The first-order chi connectivity index (χ1) is 24.3. The molecule has 1 aliphatic carbocycles. The van der Waals surface area contributed by atoms with Gasteiger partial charge in [0.15, 0.2) is 17.5 Å². The number of benzene rings is 6. The fourth-order valence-corrected chi connectivity index (χ4v) is 6.70. The second kappa shape index (κ2) is 12.3. The monoisotopic (exact) mass is 629 g/mol. The summed E-state index contributed by atoms with van der Waals surface area (Å²) in [6, 6.07) is 52.7. The molecule has 9 rings (SSSR count). The zero-order valence-corrected chi connectivity index (χ0v) is 26.8. The van der Waals surface area contributed by atoms with E-state index in [2.05, 4.69) is 121 Å². The third kappa shape index (κ3) is 5.53. The molecule has 0 amide bonds. The van der Waals surface area contributed by atoms with E-state index in [9.17, 15) is 0 Å².